The van der Waals surface area contributed by atoms with Crippen molar-refractivity contribution in [3.05, 3.63) is 65.7 Å². The Balaban J connectivity index is 1.40. The highest BCUT2D eigenvalue weighted by molar-refractivity contribution is 5.88. The Bertz CT molecular complexity index is 1140. The highest BCUT2D eigenvalue weighted by atomic mass is 16.3. The molecule has 4 aliphatic rings. The lowest BCUT2D eigenvalue weighted by atomic mass is 9.48. The van der Waals surface area contributed by atoms with Crippen LogP contribution >= 0.6 is 0 Å². The van der Waals surface area contributed by atoms with Crippen molar-refractivity contribution >= 4 is 10.8 Å². The maximum Gasteiger partial charge on any atom is 0.119 e. The average molecular weight is 389 g/mol. The molecular formula is C27H28O2. The third-order valence-electron chi connectivity index (χ3n) is 7.91. The zero-order chi connectivity index (χ0) is 21.4. The van der Waals surface area contributed by atoms with Gasteiger partial charge in [-0.05, 0) is 113 Å². The molecule has 0 amide bonds. The number of fused-ring (bicyclic) bond motifs is 1. The number of aromatic hydroxyl groups is 1. The van der Waals surface area contributed by atoms with Crippen molar-refractivity contribution in [2.75, 3.05) is 0 Å². The lowest BCUT2D eigenvalue weighted by Crippen LogP contribution is -2.48. The van der Waals surface area contributed by atoms with Crippen molar-refractivity contribution in [1.82, 2.24) is 0 Å². The Morgan fingerprint density at radius 2 is 1.38 bits per heavy atom. The molecule has 2 N–H and O–H groups in total. The predicted molar refractivity (Wildman–Crippen MR) is 117 cm³/mol. The van der Waals surface area contributed by atoms with Crippen LogP contribution in [0.25, 0.3) is 21.9 Å². The summed E-state index contributed by atoms with van der Waals surface area (Å²) in [6, 6.07) is 17.5. The highest BCUT2D eigenvalue weighted by Gasteiger charge is 2.52. The fourth-order valence-electron chi connectivity index (χ4n) is 7.08. The number of aliphatic hydroxyl groups is 1. The van der Waals surface area contributed by atoms with Crippen LogP contribution in [0.2, 0.25) is 0 Å². The van der Waals surface area contributed by atoms with Gasteiger partial charge in [0.2, 0.25) is 0 Å². The van der Waals surface area contributed by atoms with Gasteiger partial charge in [-0.25, -0.2) is 0 Å². The Hall–Kier alpha value is -2.32. The lowest BCUT2D eigenvalue weighted by molar-refractivity contribution is -0.00611. The van der Waals surface area contributed by atoms with Crippen LogP contribution in [0.3, 0.4) is 0 Å². The van der Waals surface area contributed by atoms with Gasteiger partial charge in [-0.1, -0.05) is 30.3 Å². The molecule has 29 heavy (non-hydrogen) atoms. The van der Waals surface area contributed by atoms with E-state index in [2.05, 4.69) is 18.2 Å². The lowest BCUT2D eigenvalue weighted by Gasteiger charge is -2.57. The Kier molecular flexibility index (Phi) is 3.39. The number of hydrogen-bond donors (Lipinski definition) is 2. The maximum absolute atomic E-state index is 10.9. The van der Waals surface area contributed by atoms with Crippen molar-refractivity contribution < 1.29 is 13.0 Å². The van der Waals surface area contributed by atoms with Gasteiger partial charge in [-0.3, -0.25) is 0 Å². The fourth-order valence-corrected chi connectivity index (χ4v) is 7.08. The summed E-state index contributed by atoms with van der Waals surface area (Å²) >= 11 is 0. The molecule has 0 heterocycles. The van der Waals surface area contributed by atoms with Crippen LogP contribution in [0.4, 0.5) is 0 Å². The van der Waals surface area contributed by atoms with Gasteiger partial charge in [-0.2, -0.15) is 0 Å². The predicted octanol–water partition coefficient (Wildman–Crippen LogP) is 6.17. The van der Waals surface area contributed by atoms with E-state index in [1.165, 1.54) is 38.5 Å². The van der Waals surface area contributed by atoms with E-state index in [0.717, 1.165) is 45.2 Å². The molecule has 7 rings (SSSR count). The third-order valence-corrected chi connectivity index (χ3v) is 7.91. The average Bonchev–Trinajstić information content (AvgIpc) is 2.71. The molecule has 2 nitrogen and oxygen atoms in total. The number of phenolic OH excluding ortho intramolecular Hbond substituents is 1. The quantitative estimate of drug-likeness (QED) is 0.563. The minimum atomic E-state index is -2.34. The maximum atomic E-state index is 10.9. The second-order valence-corrected chi connectivity index (χ2v) is 9.82. The first kappa shape index (κ1) is 15.5. The van der Waals surface area contributed by atoms with Crippen molar-refractivity contribution in [2.24, 2.45) is 17.8 Å². The van der Waals surface area contributed by atoms with Crippen LogP contribution in [0.1, 0.15) is 52.4 Å². The van der Waals surface area contributed by atoms with Gasteiger partial charge in [0, 0.05) is 5.56 Å². The van der Waals surface area contributed by atoms with Crippen molar-refractivity contribution in [1.29, 1.82) is 0 Å². The minimum Gasteiger partial charge on any atom is -0.508 e. The summed E-state index contributed by atoms with van der Waals surface area (Å²) < 4.78 is 15.1. The summed E-state index contributed by atoms with van der Waals surface area (Å²) in [6.45, 7) is -2.34. The van der Waals surface area contributed by atoms with E-state index in [-0.39, 0.29) is 11.0 Å². The molecule has 0 unspecified atom stereocenters. The number of phenols is 1. The summed E-state index contributed by atoms with van der Waals surface area (Å²) in [4.78, 5) is 0. The number of benzene rings is 3. The van der Waals surface area contributed by atoms with Crippen LogP contribution in [-0.4, -0.2) is 10.2 Å². The Morgan fingerprint density at radius 1 is 0.793 bits per heavy atom. The molecule has 4 bridgehead atoms. The van der Waals surface area contributed by atoms with Gasteiger partial charge < -0.3 is 10.2 Å². The second-order valence-electron chi connectivity index (χ2n) is 9.82. The van der Waals surface area contributed by atoms with E-state index >= 15 is 0 Å². The molecule has 0 saturated heterocycles. The van der Waals surface area contributed by atoms with Gasteiger partial charge in [0.15, 0.2) is 0 Å². The van der Waals surface area contributed by atoms with Gasteiger partial charge in [-0.15, -0.1) is 0 Å². The Labute approximate surface area is 175 Å². The van der Waals surface area contributed by atoms with Gasteiger partial charge >= 0.3 is 0 Å². The highest BCUT2D eigenvalue weighted by Crippen LogP contribution is 2.62. The molecule has 2 heteroatoms. The molecule has 4 fully saturated rings. The minimum absolute atomic E-state index is 0.146. The van der Waals surface area contributed by atoms with E-state index in [4.69, 9.17) is 2.74 Å². The molecule has 0 aliphatic heterocycles. The topological polar surface area (TPSA) is 40.5 Å². The van der Waals surface area contributed by atoms with Crippen molar-refractivity contribution in [3.63, 3.8) is 0 Å². The van der Waals surface area contributed by atoms with E-state index < -0.39 is 6.56 Å². The molecule has 3 aromatic rings. The summed E-state index contributed by atoms with van der Waals surface area (Å²) in [5.41, 5.74) is 3.77. The SMILES string of the molecule is [3H]C([3H])(O)c1ccc2cc(-c3ccc(O)c(C45CC6CC(CC(C6)C4)C5)c3)ccc2c1. The zero-order valence-electron chi connectivity index (χ0n) is 18.6. The number of hydrogen-bond acceptors (Lipinski definition) is 2. The monoisotopic (exact) mass is 388 g/mol. The molecule has 4 aliphatic carbocycles. The summed E-state index contributed by atoms with van der Waals surface area (Å²) in [5.74, 6) is 2.94. The van der Waals surface area contributed by atoms with Crippen LogP contribution < -0.4 is 0 Å². The summed E-state index contributed by atoms with van der Waals surface area (Å²) in [6.07, 6.45) is 7.83. The molecule has 0 spiro atoms. The first-order valence-electron chi connectivity index (χ1n) is 11.9. The molecule has 148 valence electrons. The van der Waals surface area contributed by atoms with Crippen LogP contribution in [0.5, 0.6) is 5.75 Å². The van der Waals surface area contributed by atoms with Crippen LogP contribution in [0.15, 0.2) is 54.6 Å². The normalized spacial score (nSPS) is 31.7. The van der Waals surface area contributed by atoms with Gasteiger partial charge in [0.05, 0.1) is 9.30 Å². The van der Waals surface area contributed by atoms with Crippen LogP contribution in [-0.2, 0) is 12.0 Å². The second kappa shape index (κ2) is 6.34. The van der Waals surface area contributed by atoms with E-state index in [1.54, 1.807) is 12.1 Å². The first-order chi connectivity index (χ1) is 14.8. The molecule has 3 aromatic carbocycles. The number of rotatable bonds is 3. The summed E-state index contributed by atoms with van der Waals surface area (Å²) in [5, 5.41) is 22.4. The largest absolute Gasteiger partial charge is 0.508 e. The third kappa shape index (κ3) is 2.80. The fraction of sp³-hybridized carbons (Fsp3) is 0.407. The van der Waals surface area contributed by atoms with E-state index in [0.29, 0.717) is 5.75 Å². The van der Waals surface area contributed by atoms with E-state index in [1.807, 2.05) is 24.3 Å². The standard InChI is InChI=1S/C27H28O2/c28-16-17-1-2-22-11-23(4-3-21(22)10-17)24-5-6-26(29)25(12-24)27-13-18-7-19(14-27)9-20(8-18)15-27/h1-6,10-12,18-20,28-29H,7-9,13-16H2/i16T2. The molecule has 0 atom stereocenters. The Morgan fingerprint density at radius 3 is 2.07 bits per heavy atom. The van der Waals surface area contributed by atoms with Crippen molar-refractivity contribution in [2.45, 2.75) is 50.5 Å². The van der Waals surface area contributed by atoms with Gasteiger partial charge in [0.1, 0.15) is 5.75 Å². The van der Waals surface area contributed by atoms with Crippen molar-refractivity contribution in [3.8, 4) is 16.9 Å². The summed E-state index contributed by atoms with van der Waals surface area (Å²) in [7, 11) is 0. The van der Waals surface area contributed by atoms with Crippen LogP contribution in [0, 0.1) is 17.8 Å². The molecular weight excluding hydrogens is 356 g/mol. The molecule has 0 aromatic heterocycles. The smallest absolute Gasteiger partial charge is 0.119 e. The zero-order valence-corrected chi connectivity index (χ0v) is 16.6. The molecule has 0 radical (unpaired) electrons. The first-order valence-corrected chi connectivity index (χ1v) is 10.9. The molecule has 4 saturated carbocycles. The van der Waals surface area contributed by atoms with E-state index in [9.17, 15) is 10.2 Å². The van der Waals surface area contributed by atoms with Gasteiger partial charge in [0.25, 0.3) is 0 Å².